The maximum absolute atomic E-state index is 12.1. The predicted molar refractivity (Wildman–Crippen MR) is 77.1 cm³/mol. The van der Waals surface area contributed by atoms with E-state index in [4.69, 9.17) is 0 Å². The summed E-state index contributed by atoms with van der Waals surface area (Å²) < 4.78 is 0. The Hall–Kier alpha value is -0.910. The van der Waals surface area contributed by atoms with Crippen LogP contribution in [0.3, 0.4) is 0 Å². The Bertz CT molecular complexity index is 406. The van der Waals surface area contributed by atoms with Crippen molar-refractivity contribution in [3.63, 3.8) is 0 Å². The van der Waals surface area contributed by atoms with Crippen LogP contribution in [0.4, 0.5) is 0 Å². The van der Waals surface area contributed by atoms with Crippen LogP contribution >= 0.6 is 11.3 Å². The lowest BCUT2D eigenvalue weighted by Gasteiger charge is -2.23. The first-order chi connectivity index (χ1) is 9.06. The molecule has 0 radical (unpaired) electrons. The van der Waals surface area contributed by atoms with Crippen LogP contribution in [0.25, 0.3) is 0 Å². The summed E-state index contributed by atoms with van der Waals surface area (Å²) in [6, 6.07) is 4.16. The zero-order valence-electron chi connectivity index (χ0n) is 11.5. The van der Waals surface area contributed by atoms with Crippen molar-refractivity contribution in [3.05, 3.63) is 22.4 Å². The summed E-state index contributed by atoms with van der Waals surface area (Å²) in [4.78, 5) is 15.3. The number of aliphatic hydroxyl groups excluding tert-OH is 1. The number of aliphatic hydroxyl groups is 1. The monoisotopic (exact) mass is 282 g/mol. The predicted octanol–water partition coefficient (Wildman–Crippen LogP) is 1.63. The average Bonchev–Trinajstić information content (AvgIpc) is 2.97. The van der Waals surface area contributed by atoms with E-state index in [1.54, 1.807) is 11.3 Å². The number of carbonyl (C=O) groups is 1. The van der Waals surface area contributed by atoms with Crippen LogP contribution in [-0.2, 0) is 4.79 Å². The molecule has 2 heterocycles. The number of nitrogens with zero attached hydrogens (tertiary/aromatic N) is 1. The molecule has 1 aliphatic rings. The van der Waals surface area contributed by atoms with Gasteiger partial charge in [0.15, 0.2) is 0 Å². The number of thiophene rings is 1. The molecule has 0 spiro atoms. The molecule has 1 aromatic rings. The molecule has 0 aromatic carbocycles. The molecule has 1 amide bonds. The van der Waals surface area contributed by atoms with Crippen molar-refractivity contribution in [1.29, 1.82) is 0 Å². The highest BCUT2D eigenvalue weighted by molar-refractivity contribution is 7.10. The fraction of sp³-hybridized carbons (Fsp3) is 0.643. The summed E-state index contributed by atoms with van der Waals surface area (Å²) in [5, 5.41) is 14.6. The smallest absolute Gasteiger partial charge is 0.234 e. The molecule has 1 fully saturated rings. The lowest BCUT2D eigenvalue weighted by atomic mass is 10.0. The number of carbonyl (C=O) groups excluding carboxylic acids is 1. The molecule has 4 nitrogen and oxygen atoms in total. The number of β-amino-alcohol motifs (C(OH)–C–C–N with tert-alkyl or cyclic N) is 1. The Kier molecular flexibility index (Phi) is 4.96. The van der Waals surface area contributed by atoms with Gasteiger partial charge in [-0.25, -0.2) is 0 Å². The second-order valence-electron chi connectivity index (χ2n) is 5.48. The summed E-state index contributed by atoms with van der Waals surface area (Å²) in [6.07, 6.45) is 0.497. The fourth-order valence-electron chi connectivity index (χ4n) is 2.41. The molecule has 2 atom stereocenters. The molecule has 1 saturated heterocycles. The van der Waals surface area contributed by atoms with Gasteiger partial charge in [-0.1, -0.05) is 19.9 Å². The summed E-state index contributed by atoms with van der Waals surface area (Å²) >= 11 is 1.68. The van der Waals surface area contributed by atoms with Gasteiger partial charge in [0.1, 0.15) is 0 Å². The minimum Gasteiger partial charge on any atom is -0.392 e. The zero-order valence-corrected chi connectivity index (χ0v) is 12.3. The normalized spacial score (nSPS) is 21.8. The highest BCUT2D eigenvalue weighted by Crippen LogP contribution is 2.25. The van der Waals surface area contributed by atoms with Crippen LogP contribution in [0, 0.1) is 5.92 Å². The molecule has 1 aromatic heterocycles. The second kappa shape index (κ2) is 6.50. The minimum atomic E-state index is -0.272. The third kappa shape index (κ3) is 4.03. The largest absolute Gasteiger partial charge is 0.392 e. The standard InChI is InChI=1S/C14H22N2O2S/c1-10(2)14(12-4-3-7-19-12)15-13(18)9-16-6-5-11(17)8-16/h3-4,7,10-11,14,17H,5-6,8-9H2,1-2H3,(H,15,18)/t11-,14?/m0/s1. The number of likely N-dealkylation sites (tertiary alicyclic amines) is 1. The SMILES string of the molecule is CC(C)C(NC(=O)CN1CC[C@H](O)C1)c1cccs1. The van der Waals surface area contributed by atoms with Gasteiger partial charge in [0.25, 0.3) is 0 Å². The van der Waals surface area contributed by atoms with Crippen molar-refractivity contribution < 1.29 is 9.90 Å². The van der Waals surface area contributed by atoms with Gasteiger partial charge in [-0.05, 0) is 23.8 Å². The van der Waals surface area contributed by atoms with Gasteiger partial charge < -0.3 is 10.4 Å². The molecule has 0 saturated carbocycles. The van der Waals surface area contributed by atoms with Crippen LogP contribution in [0.5, 0.6) is 0 Å². The molecule has 0 aliphatic carbocycles. The Balaban J connectivity index is 1.89. The van der Waals surface area contributed by atoms with Crippen molar-refractivity contribution in [2.24, 2.45) is 5.92 Å². The van der Waals surface area contributed by atoms with Gasteiger partial charge in [-0.2, -0.15) is 0 Å². The third-order valence-electron chi connectivity index (χ3n) is 3.45. The van der Waals surface area contributed by atoms with E-state index in [-0.39, 0.29) is 18.1 Å². The van der Waals surface area contributed by atoms with Crippen LogP contribution in [-0.4, -0.2) is 41.7 Å². The number of nitrogens with one attached hydrogen (secondary N) is 1. The van der Waals surface area contributed by atoms with Crippen LogP contribution < -0.4 is 5.32 Å². The Morgan fingerprint density at radius 1 is 1.63 bits per heavy atom. The van der Waals surface area contributed by atoms with Crippen molar-refractivity contribution >= 4 is 17.2 Å². The van der Waals surface area contributed by atoms with Crippen LogP contribution in [0.1, 0.15) is 31.2 Å². The molecule has 2 N–H and O–H groups in total. The van der Waals surface area contributed by atoms with E-state index in [1.165, 1.54) is 4.88 Å². The summed E-state index contributed by atoms with van der Waals surface area (Å²) in [7, 11) is 0. The van der Waals surface area contributed by atoms with E-state index >= 15 is 0 Å². The quantitative estimate of drug-likeness (QED) is 0.863. The van der Waals surface area contributed by atoms with Crippen LogP contribution in [0.15, 0.2) is 17.5 Å². The zero-order chi connectivity index (χ0) is 13.8. The molecule has 5 heteroatoms. The number of hydrogen-bond acceptors (Lipinski definition) is 4. The number of hydrogen-bond donors (Lipinski definition) is 2. The van der Waals surface area contributed by atoms with E-state index in [2.05, 4.69) is 25.2 Å². The average molecular weight is 282 g/mol. The van der Waals surface area contributed by atoms with Crippen molar-refractivity contribution in [1.82, 2.24) is 10.2 Å². The first kappa shape index (κ1) is 14.5. The molecule has 19 heavy (non-hydrogen) atoms. The number of rotatable bonds is 5. The van der Waals surface area contributed by atoms with Gasteiger partial charge in [0.2, 0.25) is 5.91 Å². The lowest BCUT2D eigenvalue weighted by Crippen LogP contribution is -2.39. The Morgan fingerprint density at radius 2 is 2.42 bits per heavy atom. The molecule has 1 unspecified atom stereocenters. The Labute approximate surface area is 118 Å². The molecule has 2 rings (SSSR count). The van der Waals surface area contributed by atoms with Crippen LogP contribution in [0.2, 0.25) is 0 Å². The van der Waals surface area contributed by atoms with E-state index in [0.29, 0.717) is 19.0 Å². The van der Waals surface area contributed by atoms with E-state index in [0.717, 1.165) is 13.0 Å². The lowest BCUT2D eigenvalue weighted by molar-refractivity contribution is -0.123. The molecule has 106 valence electrons. The van der Waals surface area contributed by atoms with E-state index < -0.39 is 0 Å². The topological polar surface area (TPSA) is 52.6 Å². The first-order valence-corrected chi connectivity index (χ1v) is 7.67. The van der Waals surface area contributed by atoms with Gasteiger partial charge in [-0.15, -0.1) is 11.3 Å². The van der Waals surface area contributed by atoms with E-state index in [9.17, 15) is 9.90 Å². The maximum atomic E-state index is 12.1. The van der Waals surface area contributed by atoms with Crippen molar-refractivity contribution in [2.75, 3.05) is 19.6 Å². The molecular weight excluding hydrogens is 260 g/mol. The van der Waals surface area contributed by atoms with Gasteiger partial charge in [0, 0.05) is 18.0 Å². The highest BCUT2D eigenvalue weighted by atomic mass is 32.1. The highest BCUT2D eigenvalue weighted by Gasteiger charge is 2.24. The number of amides is 1. The van der Waals surface area contributed by atoms with Gasteiger partial charge >= 0.3 is 0 Å². The molecule has 1 aliphatic heterocycles. The summed E-state index contributed by atoms with van der Waals surface area (Å²) in [5.41, 5.74) is 0. The van der Waals surface area contributed by atoms with Gasteiger partial charge in [-0.3, -0.25) is 9.69 Å². The van der Waals surface area contributed by atoms with Gasteiger partial charge in [0.05, 0.1) is 18.7 Å². The molecular formula is C14H22N2O2S. The maximum Gasteiger partial charge on any atom is 0.234 e. The summed E-state index contributed by atoms with van der Waals surface area (Å²) in [5.74, 6) is 0.410. The molecule has 0 bridgehead atoms. The van der Waals surface area contributed by atoms with Crippen molar-refractivity contribution in [3.8, 4) is 0 Å². The first-order valence-electron chi connectivity index (χ1n) is 6.79. The summed E-state index contributed by atoms with van der Waals surface area (Å²) in [6.45, 7) is 6.03. The van der Waals surface area contributed by atoms with E-state index in [1.807, 2.05) is 16.3 Å². The second-order valence-corrected chi connectivity index (χ2v) is 6.46. The third-order valence-corrected chi connectivity index (χ3v) is 4.40. The Morgan fingerprint density at radius 3 is 2.95 bits per heavy atom. The minimum absolute atomic E-state index is 0.0428. The van der Waals surface area contributed by atoms with Crippen molar-refractivity contribution in [2.45, 2.75) is 32.4 Å². The fourth-order valence-corrected chi connectivity index (χ4v) is 3.36.